The van der Waals surface area contributed by atoms with E-state index in [9.17, 15) is 4.79 Å². The number of carbonyl (C=O) groups is 1. The Morgan fingerprint density at radius 3 is 2.43 bits per heavy atom. The van der Waals surface area contributed by atoms with E-state index in [1.807, 2.05) is 13.0 Å². The molecule has 1 atom stereocenters. The van der Waals surface area contributed by atoms with E-state index in [0.29, 0.717) is 6.61 Å². The lowest BCUT2D eigenvalue weighted by molar-refractivity contribution is -0.142. The van der Waals surface area contributed by atoms with Gasteiger partial charge in [0.1, 0.15) is 0 Å². The molecule has 0 aromatic carbocycles. The molecule has 0 amide bonds. The largest absolute Gasteiger partial charge is 0.465 e. The van der Waals surface area contributed by atoms with E-state index in [2.05, 4.69) is 13.2 Å². The average molecular weight is 194 g/mol. The van der Waals surface area contributed by atoms with E-state index < -0.39 is 0 Å². The average Bonchev–Trinajstić information content (AvgIpc) is 2.84. The molecule has 0 saturated heterocycles. The van der Waals surface area contributed by atoms with Gasteiger partial charge in [-0.25, -0.2) is 0 Å². The van der Waals surface area contributed by atoms with Gasteiger partial charge in [-0.3, -0.25) is 4.79 Å². The van der Waals surface area contributed by atoms with Crippen molar-refractivity contribution in [2.75, 3.05) is 6.61 Å². The Kier molecular flexibility index (Phi) is 3.14. The van der Waals surface area contributed by atoms with Crippen LogP contribution < -0.4 is 0 Å². The van der Waals surface area contributed by atoms with Crippen molar-refractivity contribution >= 4 is 5.97 Å². The van der Waals surface area contributed by atoms with Gasteiger partial charge in [0.2, 0.25) is 0 Å². The third-order valence-corrected chi connectivity index (χ3v) is 2.98. The molecule has 1 rings (SSSR count). The molecule has 0 heterocycles. The third-order valence-electron chi connectivity index (χ3n) is 2.98. The molecule has 2 heteroatoms. The van der Waals surface area contributed by atoms with Crippen LogP contribution in [0.4, 0.5) is 0 Å². The predicted octanol–water partition coefficient (Wildman–Crippen LogP) is 2.71. The first-order valence-electron chi connectivity index (χ1n) is 4.94. The molecule has 0 aliphatic heterocycles. The highest BCUT2D eigenvalue weighted by Gasteiger charge is 2.47. The third kappa shape index (κ3) is 2.25. The van der Waals surface area contributed by atoms with Gasteiger partial charge in [-0.05, 0) is 25.2 Å². The van der Waals surface area contributed by atoms with E-state index in [1.54, 1.807) is 0 Å². The van der Waals surface area contributed by atoms with Crippen LogP contribution in [-0.4, -0.2) is 12.6 Å². The van der Waals surface area contributed by atoms with E-state index >= 15 is 0 Å². The van der Waals surface area contributed by atoms with Gasteiger partial charge in [-0.2, -0.15) is 0 Å². The van der Waals surface area contributed by atoms with E-state index in [-0.39, 0.29) is 17.3 Å². The summed E-state index contributed by atoms with van der Waals surface area (Å²) in [7, 11) is 0. The first-order valence-corrected chi connectivity index (χ1v) is 4.94. The van der Waals surface area contributed by atoms with Gasteiger partial charge in [0, 0.05) is 12.8 Å². The fourth-order valence-electron chi connectivity index (χ4n) is 1.84. The smallest absolute Gasteiger partial charge is 0.302 e. The molecule has 78 valence electrons. The summed E-state index contributed by atoms with van der Waals surface area (Å²) in [5.74, 6) is 0.0139. The molecular weight excluding hydrogens is 176 g/mol. The lowest BCUT2D eigenvalue weighted by atomic mass is 9.85. The van der Waals surface area contributed by atoms with Crippen LogP contribution in [0.15, 0.2) is 24.8 Å². The fourth-order valence-corrected chi connectivity index (χ4v) is 1.84. The maximum Gasteiger partial charge on any atom is 0.302 e. The Bertz CT molecular complexity index is 261. The van der Waals surface area contributed by atoms with Crippen molar-refractivity contribution < 1.29 is 9.53 Å². The zero-order valence-electron chi connectivity index (χ0n) is 9.01. The molecule has 0 radical (unpaired) electrons. The van der Waals surface area contributed by atoms with Crippen LogP contribution >= 0.6 is 0 Å². The van der Waals surface area contributed by atoms with Crippen molar-refractivity contribution in [3.05, 3.63) is 24.8 Å². The number of ether oxygens (including phenoxy) is 1. The van der Waals surface area contributed by atoms with Gasteiger partial charge in [0.25, 0.3) is 0 Å². The molecule has 1 unspecified atom stereocenters. The Balaban J connectivity index is 2.61. The molecule has 0 aromatic rings. The van der Waals surface area contributed by atoms with Crippen molar-refractivity contribution in [1.29, 1.82) is 0 Å². The van der Waals surface area contributed by atoms with Crippen molar-refractivity contribution in [2.45, 2.75) is 26.7 Å². The second-order valence-corrected chi connectivity index (χ2v) is 4.14. The summed E-state index contributed by atoms with van der Waals surface area (Å²) < 4.78 is 5.05. The van der Waals surface area contributed by atoms with Gasteiger partial charge in [0.15, 0.2) is 0 Å². The van der Waals surface area contributed by atoms with Gasteiger partial charge in [-0.15, -0.1) is 6.58 Å². The minimum absolute atomic E-state index is 0.154. The highest BCUT2D eigenvalue weighted by molar-refractivity contribution is 5.65. The molecule has 2 nitrogen and oxygen atoms in total. The van der Waals surface area contributed by atoms with E-state index in [1.165, 1.54) is 6.92 Å². The normalized spacial score (nSPS) is 19.6. The van der Waals surface area contributed by atoms with Gasteiger partial charge < -0.3 is 4.74 Å². The van der Waals surface area contributed by atoms with Crippen molar-refractivity contribution in [3.63, 3.8) is 0 Å². The van der Waals surface area contributed by atoms with Crippen LogP contribution in [0.3, 0.4) is 0 Å². The summed E-state index contributed by atoms with van der Waals surface area (Å²) in [5.41, 5.74) is 1.23. The molecule has 1 saturated carbocycles. The number of hydrogen-bond acceptors (Lipinski definition) is 2. The van der Waals surface area contributed by atoms with Crippen molar-refractivity contribution in [2.24, 2.45) is 11.3 Å². The Labute approximate surface area is 85.6 Å². The predicted molar refractivity (Wildman–Crippen MR) is 56.8 cm³/mol. The summed E-state index contributed by atoms with van der Waals surface area (Å²) in [6.45, 7) is 11.7. The Morgan fingerprint density at radius 1 is 1.57 bits per heavy atom. The summed E-state index contributed by atoms with van der Waals surface area (Å²) in [4.78, 5) is 10.7. The number of hydrogen-bond donors (Lipinski definition) is 0. The van der Waals surface area contributed by atoms with Gasteiger partial charge in [0.05, 0.1) is 6.61 Å². The first-order chi connectivity index (χ1) is 6.52. The minimum atomic E-state index is -0.226. The topological polar surface area (TPSA) is 26.3 Å². The molecule has 14 heavy (non-hydrogen) atoms. The van der Waals surface area contributed by atoms with E-state index in [0.717, 1.165) is 18.4 Å². The Morgan fingerprint density at radius 2 is 2.14 bits per heavy atom. The van der Waals surface area contributed by atoms with Crippen LogP contribution in [0.5, 0.6) is 0 Å². The minimum Gasteiger partial charge on any atom is -0.465 e. The molecule has 0 bridgehead atoms. The van der Waals surface area contributed by atoms with Gasteiger partial charge >= 0.3 is 5.97 Å². The quantitative estimate of drug-likeness (QED) is 0.497. The van der Waals surface area contributed by atoms with Gasteiger partial charge in [-0.1, -0.05) is 18.2 Å². The summed E-state index contributed by atoms with van der Waals surface area (Å²) >= 11 is 0. The van der Waals surface area contributed by atoms with Crippen molar-refractivity contribution in [1.82, 2.24) is 0 Å². The highest BCUT2D eigenvalue weighted by atomic mass is 16.5. The number of allylic oxidation sites excluding steroid dienone is 1. The van der Waals surface area contributed by atoms with Crippen LogP contribution in [0.25, 0.3) is 0 Å². The second-order valence-electron chi connectivity index (χ2n) is 4.14. The highest BCUT2D eigenvalue weighted by Crippen LogP contribution is 2.55. The van der Waals surface area contributed by atoms with Crippen LogP contribution in [0.1, 0.15) is 26.7 Å². The summed E-state index contributed by atoms with van der Waals surface area (Å²) in [6.07, 6.45) is 4.25. The zero-order valence-corrected chi connectivity index (χ0v) is 9.01. The SMILES string of the molecule is C=CC1(C(COC(C)=O)C(=C)C)CC1. The van der Waals surface area contributed by atoms with E-state index in [4.69, 9.17) is 4.74 Å². The standard InChI is InChI=1S/C12H18O2/c1-5-12(6-7-12)11(9(2)3)8-14-10(4)13/h5,11H,1-2,6-8H2,3-4H3. The summed E-state index contributed by atoms with van der Waals surface area (Å²) in [5, 5.41) is 0. The molecule has 0 N–H and O–H groups in total. The maximum absolute atomic E-state index is 10.7. The monoisotopic (exact) mass is 194 g/mol. The summed E-state index contributed by atoms with van der Waals surface area (Å²) in [6, 6.07) is 0. The fraction of sp³-hybridized carbons (Fsp3) is 0.583. The van der Waals surface area contributed by atoms with Crippen molar-refractivity contribution in [3.8, 4) is 0 Å². The molecule has 0 aromatic heterocycles. The maximum atomic E-state index is 10.7. The lowest BCUT2D eigenvalue weighted by Gasteiger charge is -2.23. The molecule has 1 aliphatic carbocycles. The number of carbonyl (C=O) groups excluding carboxylic acids is 1. The second kappa shape index (κ2) is 3.99. The molecule has 1 aliphatic rings. The number of esters is 1. The lowest BCUT2D eigenvalue weighted by Crippen LogP contribution is -2.22. The first kappa shape index (κ1) is 11.0. The van der Waals surface area contributed by atoms with Crippen LogP contribution in [0.2, 0.25) is 0 Å². The zero-order chi connectivity index (χ0) is 10.8. The Hall–Kier alpha value is -1.05. The number of rotatable bonds is 5. The molecule has 0 spiro atoms. The van der Waals surface area contributed by atoms with Crippen LogP contribution in [-0.2, 0) is 9.53 Å². The molecular formula is C12H18O2. The van der Waals surface area contributed by atoms with Crippen LogP contribution in [0, 0.1) is 11.3 Å². The molecule has 1 fully saturated rings.